The Morgan fingerprint density at radius 1 is 0.636 bits per heavy atom. The molecule has 1 rings (SSSR count). The Balaban J connectivity index is 2.38. The van der Waals surface area contributed by atoms with Crippen molar-refractivity contribution >= 4 is 0 Å². The Hall–Kier alpha value is -0.780. The van der Waals surface area contributed by atoms with Gasteiger partial charge in [0.15, 0.2) is 0 Å². The van der Waals surface area contributed by atoms with Crippen molar-refractivity contribution in [1.29, 1.82) is 0 Å². The molecule has 0 radical (unpaired) electrons. The van der Waals surface area contributed by atoms with E-state index < -0.39 is 0 Å². The highest BCUT2D eigenvalue weighted by molar-refractivity contribution is 5.24. The molecule has 0 fully saturated rings. The van der Waals surface area contributed by atoms with Crippen molar-refractivity contribution in [2.24, 2.45) is 0 Å². The Bertz CT molecular complexity index is 349. The fourth-order valence-electron chi connectivity index (χ4n) is 3.30. The minimum Gasteiger partial charge on any atom is -0.0654 e. The molecule has 22 heavy (non-hydrogen) atoms. The number of hydrogen-bond donors (Lipinski definition) is 0. The van der Waals surface area contributed by atoms with E-state index in [9.17, 15) is 0 Å². The van der Waals surface area contributed by atoms with Crippen LogP contribution in [-0.4, -0.2) is 0 Å². The highest BCUT2D eigenvalue weighted by Gasteiger charge is 2.11. The van der Waals surface area contributed by atoms with Crippen molar-refractivity contribution in [3.8, 4) is 0 Å². The minimum atomic E-state index is 0.795. The fourth-order valence-corrected chi connectivity index (χ4v) is 3.30. The summed E-state index contributed by atoms with van der Waals surface area (Å²) in [4.78, 5) is 0. The van der Waals surface area contributed by atoms with Gasteiger partial charge in [-0.15, -0.1) is 0 Å². The average Bonchev–Trinajstić information content (AvgIpc) is 2.53. The van der Waals surface area contributed by atoms with E-state index in [0.717, 1.165) is 5.92 Å². The van der Waals surface area contributed by atoms with Gasteiger partial charge < -0.3 is 0 Å². The lowest BCUT2D eigenvalue weighted by atomic mass is 9.88. The van der Waals surface area contributed by atoms with Gasteiger partial charge in [0.1, 0.15) is 0 Å². The molecular formula is C22H38. The molecule has 0 heteroatoms. The molecule has 0 nitrogen and oxygen atoms in total. The van der Waals surface area contributed by atoms with Gasteiger partial charge in [-0.05, 0) is 31.2 Å². The van der Waals surface area contributed by atoms with Gasteiger partial charge in [0.2, 0.25) is 0 Å². The van der Waals surface area contributed by atoms with Crippen LogP contribution in [0, 0.1) is 6.92 Å². The second kappa shape index (κ2) is 12.7. The van der Waals surface area contributed by atoms with Crippen molar-refractivity contribution in [3.05, 3.63) is 35.4 Å². The molecule has 0 amide bonds. The van der Waals surface area contributed by atoms with Crippen LogP contribution in [0.2, 0.25) is 0 Å². The molecule has 0 aliphatic rings. The van der Waals surface area contributed by atoms with E-state index in [1.54, 1.807) is 5.56 Å². The number of benzene rings is 1. The van der Waals surface area contributed by atoms with E-state index in [1.807, 2.05) is 0 Å². The standard InChI is InChI=1S/C22H38/c1-4-6-8-10-11-13-15-21(14-12-9-7-5-2)22-18-16-20(3)17-19-22/h16-19,21H,4-15H2,1-3H3. The smallest absolute Gasteiger partial charge is 0.0162 e. The van der Waals surface area contributed by atoms with Gasteiger partial charge in [-0.25, -0.2) is 0 Å². The lowest BCUT2D eigenvalue weighted by Crippen LogP contribution is -2.00. The lowest BCUT2D eigenvalue weighted by Gasteiger charge is -2.18. The number of hydrogen-bond acceptors (Lipinski definition) is 0. The first-order valence-corrected chi connectivity index (χ1v) is 9.84. The summed E-state index contributed by atoms with van der Waals surface area (Å²) in [6.45, 7) is 6.78. The second-order valence-corrected chi connectivity index (χ2v) is 7.01. The van der Waals surface area contributed by atoms with Gasteiger partial charge >= 0.3 is 0 Å². The first kappa shape index (κ1) is 19.3. The summed E-state index contributed by atoms with van der Waals surface area (Å²) in [6.07, 6.45) is 16.8. The summed E-state index contributed by atoms with van der Waals surface area (Å²) in [5, 5.41) is 0. The molecular weight excluding hydrogens is 264 g/mol. The van der Waals surface area contributed by atoms with Gasteiger partial charge in [-0.1, -0.05) is 108 Å². The van der Waals surface area contributed by atoms with Crippen molar-refractivity contribution in [2.45, 2.75) is 104 Å². The van der Waals surface area contributed by atoms with E-state index >= 15 is 0 Å². The maximum Gasteiger partial charge on any atom is -0.0162 e. The minimum absolute atomic E-state index is 0.795. The third-order valence-electron chi connectivity index (χ3n) is 4.86. The molecule has 0 N–H and O–H groups in total. The highest BCUT2D eigenvalue weighted by atomic mass is 14.2. The molecule has 1 unspecified atom stereocenters. The van der Waals surface area contributed by atoms with Crippen LogP contribution in [0.4, 0.5) is 0 Å². The molecule has 0 aliphatic heterocycles. The van der Waals surface area contributed by atoms with Crippen LogP contribution < -0.4 is 0 Å². The van der Waals surface area contributed by atoms with E-state index in [-0.39, 0.29) is 0 Å². The molecule has 0 saturated heterocycles. The molecule has 0 spiro atoms. The van der Waals surface area contributed by atoms with Crippen LogP contribution in [0.15, 0.2) is 24.3 Å². The van der Waals surface area contributed by atoms with Crippen molar-refractivity contribution < 1.29 is 0 Å². The van der Waals surface area contributed by atoms with Crippen molar-refractivity contribution in [1.82, 2.24) is 0 Å². The SMILES string of the molecule is CCCCCCCCC(CCCCCC)c1ccc(C)cc1. The van der Waals surface area contributed by atoms with E-state index in [2.05, 4.69) is 45.0 Å². The number of aryl methyl sites for hydroxylation is 1. The summed E-state index contributed by atoms with van der Waals surface area (Å²) in [5.41, 5.74) is 2.96. The second-order valence-electron chi connectivity index (χ2n) is 7.01. The maximum absolute atomic E-state index is 2.37. The van der Waals surface area contributed by atoms with Crippen LogP contribution in [-0.2, 0) is 0 Å². The van der Waals surface area contributed by atoms with Gasteiger partial charge in [0.25, 0.3) is 0 Å². The zero-order chi connectivity index (χ0) is 16.0. The monoisotopic (exact) mass is 302 g/mol. The van der Waals surface area contributed by atoms with E-state index in [0.29, 0.717) is 0 Å². The molecule has 1 aromatic rings. The molecule has 0 bridgehead atoms. The Morgan fingerprint density at radius 3 is 1.64 bits per heavy atom. The Kier molecular flexibility index (Phi) is 11.2. The average molecular weight is 303 g/mol. The summed E-state index contributed by atoms with van der Waals surface area (Å²) >= 11 is 0. The molecule has 0 heterocycles. The lowest BCUT2D eigenvalue weighted by molar-refractivity contribution is 0.491. The van der Waals surface area contributed by atoms with E-state index in [4.69, 9.17) is 0 Å². The summed E-state index contributed by atoms with van der Waals surface area (Å²) < 4.78 is 0. The van der Waals surface area contributed by atoms with Gasteiger partial charge in [-0.2, -0.15) is 0 Å². The largest absolute Gasteiger partial charge is 0.0654 e. The van der Waals surface area contributed by atoms with Crippen molar-refractivity contribution in [3.63, 3.8) is 0 Å². The predicted molar refractivity (Wildman–Crippen MR) is 101 cm³/mol. The van der Waals surface area contributed by atoms with E-state index in [1.165, 1.54) is 82.6 Å². The van der Waals surface area contributed by atoms with Crippen molar-refractivity contribution in [2.75, 3.05) is 0 Å². The van der Waals surface area contributed by atoms with Gasteiger partial charge in [0.05, 0.1) is 0 Å². The zero-order valence-corrected chi connectivity index (χ0v) is 15.4. The van der Waals surface area contributed by atoms with Crippen LogP contribution in [0.1, 0.15) is 108 Å². The highest BCUT2D eigenvalue weighted by Crippen LogP contribution is 2.28. The van der Waals surface area contributed by atoms with Crippen LogP contribution in [0.5, 0.6) is 0 Å². The molecule has 1 atom stereocenters. The van der Waals surface area contributed by atoms with Gasteiger partial charge in [0, 0.05) is 0 Å². The molecule has 126 valence electrons. The topological polar surface area (TPSA) is 0 Å². The first-order chi connectivity index (χ1) is 10.8. The third kappa shape index (κ3) is 8.61. The first-order valence-electron chi connectivity index (χ1n) is 9.84. The molecule has 0 aromatic heterocycles. The predicted octanol–water partition coefficient (Wildman–Crippen LogP) is 7.80. The fraction of sp³-hybridized carbons (Fsp3) is 0.727. The molecule has 0 saturated carbocycles. The quantitative estimate of drug-likeness (QED) is 0.326. The zero-order valence-electron chi connectivity index (χ0n) is 15.4. The summed E-state index contributed by atoms with van der Waals surface area (Å²) in [7, 11) is 0. The summed E-state index contributed by atoms with van der Waals surface area (Å²) in [5.74, 6) is 0.795. The molecule has 1 aromatic carbocycles. The Labute approximate surface area is 139 Å². The Morgan fingerprint density at radius 2 is 1.09 bits per heavy atom. The van der Waals surface area contributed by atoms with Crippen LogP contribution in [0.3, 0.4) is 0 Å². The molecule has 0 aliphatic carbocycles. The summed E-state index contributed by atoms with van der Waals surface area (Å²) in [6, 6.07) is 9.32. The number of unbranched alkanes of at least 4 members (excludes halogenated alkanes) is 8. The normalized spacial score (nSPS) is 12.5. The van der Waals surface area contributed by atoms with Crippen LogP contribution in [0.25, 0.3) is 0 Å². The third-order valence-corrected chi connectivity index (χ3v) is 4.86. The maximum atomic E-state index is 2.37. The van der Waals surface area contributed by atoms with Crippen LogP contribution >= 0.6 is 0 Å². The number of rotatable bonds is 13. The van der Waals surface area contributed by atoms with Gasteiger partial charge in [-0.3, -0.25) is 0 Å².